The number of likely N-dealkylation sites (tertiary alicyclic amines) is 1. The van der Waals surface area contributed by atoms with Gasteiger partial charge in [0.2, 0.25) is 0 Å². The lowest BCUT2D eigenvalue weighted by atomic mass is 9.88. The fraction of sp³-hybridized carbons (Fsp3) is 0.467. The Labute approximate surface area is 128 Å². The number of nitrogens with zero attached hydrogens (tertiary/aromatic N) is 1. The second-order valence-corrected chi connectivity index (χ2v) is 5.87. The molecule has 1 unspecified atom stereocenters. The number of rotatable bonds is 4. The number of aliphatic carboxylic acids is 1. The van der Waals surface area contributed by atoms with Crippen LogP contribution in [0.4, 0.5) is 0 Å². The smallest absolute Gasteiger partial charge is 0.313 e. The summed E-state index contributed by atoms with van der Waals surface area (Å²) in [7, 11) is 1.47. The lowest BCUT2D eigenvalue weighted by molar-refractivity contribution is -0.151. The molecule has 0 aromatic heterocycles. The molecule has 0 bridgehead atoms. The fourth-order valence-corrected chi connectivity index (χ4v) is 2.77. The lowest BCUT2D eigenvalue weighted by Gasteiger charge is -2.23. The number of halogens is 1. The van der Waals surface area contributed by atoms with Gasteiger partial charge in [0.15, 0.2) is 0 Å². The Kier molecular flexibility index (Phi) is 4.54. The van der Waals surface area contributed by atoms with E-state index in [-0.39, 0.29) is 19.1 Å². The third-order valence-electron chi connectivity index (χ3n) is 3.93. The summed E-state index contributed by atoms with van der Waals surface area (Å²) >= 11 is 6.04. The Morgan fingerprint density at radius 2 is 2.19 bits per heavy atom. The summed E-state index contributed by atoms with van der Waals surface area (Å²) in [5.41, 5.74) is 0.358. The molecule has 21 heavy (non-hydrogen) atoms. The van der Waals surface area contributed by atoms with Gasteiger partial charge >= 0.3 is 5.97 Å². The molecule has 1 aromatic carbocycles. The van der Waals surface area contributed by atoms with Crippen LogP contribution < -0.4 is 0 Å². The van der Waals surface area contributed by atoms with E-state index in [0.717, 1.165) is 5.56 Å². The molecule has 6 heteroatoms. The minimum absolute atomic E-state index is 0.0980. The molecule has 1 saturated heterocycles. The van der Waals surface area contributed by atoms with Gasteiger partial charge in [0.05, 0.1) is 6.61 Å². The molecule has 1 aromatic rings. The molecule has 0 radical (unpaired) electrons. The number of amides is 1. The zero-order chi connectivity index (χ0) is 15.6. The highest BCUT2D eigenvalue weighted by Gasteiger charge is 2.46. The maximum atomic E-state index is 12.5. The van der Waals surface area contributed by atoms with Crippen molar-refractivity contribution in [2.24, 2.45) is 5.41 Å². The number of hydrogen-bond donors (Lipinski definition) is 1. The van der Waals surface area contributed by atoms with Crippen LogP contribution in [0.15, 0.2) is 18.2 Å². The highest BCUT2D eigenvalue weighted by Crippen LogP contribution is 2.32. The summed E-state index contributed by atoms with van der Waals surface area (Å²) in [6.07, 6.45) is 0.390. The van der Waals surface area contributed by atoms with E-state index in [1.807, 2.05) is 6.92 Å². The molecule has 0 aliphatic carbocycles. The van der Waals surface area contributed by atoms with Crippen LogP contribution in [-0.4, -0.2) is 48.7 Å². The average Bonchev–Trinajstić information content (AvgIpc) is 2.87. The van der Waals surface area contributed by atoms with Crippen LogP contribution in [-0.2, 0) is 9.53 Å². The Balaban J connectivity index is 2.18. The first kappa shape index (κ1) is 15.8. The van der Waals surface area contributed by atoms with Gasteiger partial charge in [0, 0.05) is 30.8 Å². The standard InChI is InChI=1S/C15H18ClNO4/c1-10-3-4-11(7-12(10)16)13(18)17-6-5-15(8-17,9-21-2)14(19)20/h3-4,7H,5-6,8-9H2,1-2H3,(H,19,20). The van der Waals surface area contributed by atoms with Gasteiger partial charge in [-0.1, -0.05) is 17.7 Å². The topological polar surface area (TPSA) is 66.8 Å². The number of benzene rings is 1. The van der Waals surface area contributed by atoms with Crippen molar-refractivity contribution in [1.29, 1.82) is 0 Å². The number of methoxy groups -OCH3 is 1. The minimum Gasteiger partial charge on any atom is -0.481 e. The number of aryl methyl sites for hydroxylation is 1. The van der Waals surface area contributed by atoms with E-state index in [0.29, 0.717) is 23.6 Å². The molecule has 1 aliphatic rings. The van der Waals surface area contributed by atoms with Crippen LogP contribution in [0.5, 0.6) is 0 Å². The zero-order valence-corrected chi connectivity index (χ0v) is 12.8. The first-order valence-electron chi connectivity index (χ1n) is 6.67. The second kappa shape index (κ2) is 6.03. The van der Waals surface area contributed by atoms with Crippen LogP contribution in [0.2, 0.25) is 5.02 Å². The number of ether oxygens (including phenoxy) is 1. The van der Waals surface area contributed by atoms with E-state index in [9.17, 15) is 14.7 Å². The van der Waals surface area contributed by atoms with Gasteiger partial charge in [-0.2, -0.15) is 0 Å². The van der Waals surface area contributed by atoms with E-state index < -0.39 is 11.4 Å². The Hall–Kier alpha value is -1.59. The number of carbonyl (C=O) groups is 2. The summed E-state index contributed by atoms with van der Waals surface area (Å²) in [5.74, 6) is -1.13. The molecule has 1 N–H and O–H groups in total. The number of carboxylic acids is 1. The van der Waals surface area contributed by atoms with Crippen molar-refractivity contribution in [3.05, 3.63) is 34.3 Å². The van der Waals surface area contributed by atoms with E-state index >= 15 is 0 Å². The largest absolute Gasteiger partial charge is 0.481 e. The summed E-state index contributed by atoms with van der Waals surface area (Å²) < 4.78 is 5.02. The van der Waals surface area contributed by atoms with Crippen molar-refractivity contribution in [3.8, 4) is 0 Å². The first-order chi connectivity index (χ1) is 9.89. The lowest BCUT2D eigenvalue weighted by Crippen LogP contribution is -2.40. The molecule has 1 heterocycles. The molecule has 0 spiro atoms. The zero-order valence-electron chi connectivity index (χ0n) is 12.1. The van der Waals surface area contributed by atoms with Crippen LogP contribution in [0, 0.1) is 12.3 Å². The third kappa shape index (κ3) is 3.04. The molecular weight excluding hydrogens is 294 g/mol. The summed E-state index contributed by atoms with van der Waals surface area (Å²) in [6.45, 7) is 2.52. The molecule has 1 atom stereocenters. The van der Waals surface area contributed by atoms with Crippen LogP contribution in [0.1, 0.15) is 22.3 Å². The molecule has 1 fully saturated rings. The second-order valence-electron chi connectivity index (χ2n) is 5.46. The molecule has 1 amide bonds. The highest BCUT2D eigenvalue weighted by molar-refractivity contribution is 6.31. The van der Waals surface area contributed by atoms with E-state index in [1.165, 1.54) is 7.11 Å². The van der Waals surface area contributed by atoms with E-state index in [2.05, 4.69) is 0 Å². The van der Waals surface area contributed by atoms with Gasteiger partial charge in [-0.05, 0) is 31.0 Å². The molecular formula is C15H18ClNO4. The van der Waals surface area contributed by atoms with Crippen molar-refractivity contribution < 1.29 is 19.4 Å². The van der Waals surface area contributed by atoms with Crippen molar-refractivity contribution in [3.63, 3.8) is 0 Å². The van der Waals surface area contributed by atoms with Crippen molar-refractivity contribution in [2.45, 2.75) is 13.3 Å². The maximum Gasteiger partial charge on any atom is 0.313 e. The van der Waals surface area contributed by atoms with Crippen LogP contribution in [0.25, 0.3) is 0 Å². The predicted octanol–water partition coefficient (Wildman–Crippen LogP) is 2.21. The van der Waals surface area contributed by atoms with E-state index in [1.54, 1.807) is 23.1 Å². The quantitative estimate of drug-likeness (QED) is 0.926. The van der Waals surface area contributed by atoms with Crippen LogP contribution >= 0.6 is 11.6 Å². The molecule has 114 valence electrons. The molecule has 1 aliphatic heterocycles. The van der Waals surface area contributed by atoms with Gasteiger partial charge in [-0.25, -0.2) is 0 Å². The van der Waals surface area contributed by atoms with Crippen molar-refractivity contribution in [1.82, 2.24) is 4.90 Å². The SMILES string of the molecule is COCC1(C(=O)O)CCN(C(=O)c2ccc(C)c(Cl)c2)C1. The molecule has 0 saturated carbocycles. The molecule has 5 nitrogen and oxygen atoms in total. The van der Waals surface area contributed by atoms with Crippen molar-refractivity contribution >= 4 is 23.5 Å². The highest BCUT2D eigenvalue weighted by atomic mass is 35.5. The number of hydrogen-bond acceptors (Lipinski definition) is 3. The third-order valence-corrected chi connectivity index (χ3v) is 4.34. The fourth-order valence-electron chi connectivity index (χ4n) is 2.58. The van der Waals surface area contributed by atoms with Crippen LogP contribution in [0.3, 0.4) is 0 Å². The Bertz CT molecular complexity index is 575. The number of carbonyl (C=O) groups excluding carboxylic acids is 1. The van der Waals surface area contributed by atoms with E-state index in [4.69, 9.17) is 16.3 Å². The van der Waals surface area contributed by atoms with Gasteiger partial charge in [0.25, 0.3) is 5.91 Å². The molecule has 2 rings (SSSR count). The monoisotopic (exact) mass is 311 g/mol. The van der Waals surface area contributed by atoms with Gasteiger partial charge < -0.3 is 14.7 Å². The average molecular weight is 312 g/mol. The first-order valence-corrected chi connectivity index (χ1v) is 7.05. The summed E-state index contributed by atoms with van der Waals surface area (Å²) in [4.78, 5) is 25.5. The van der Waals surface area contributed by atoms with Crippen molar-refractivity contribution in [2.75, 3.05) is 26.8 Å². The Morgan fingerprint density at radius 1 is 1.48 bits per heavy atom. The summed E-state index contributed by atoms with van der Waals surface area (Å²) in [6, 6.07) is 5.11. The van der Waals surface area contributed by atoms with Gasteiger partial charge in [-0.3, -0.25) is 9.59 Å². The van der Waals surface area contributed by atoms with Gasteiger partial charge in [-0.15, -0.1) is 0 Å². The summed E-state index contributed by atoms with van der Waals surface area (Å²) in [5, 5.41) is 9.94. The predicted molar refractivity (Wildman–Crippen MR) is 78.7 cm³/mol. The van der Waals surface area contributed by atoms with Gasteiger partial charge in [0.1, 0.15) is 5.41 Å². The Morgan fingerprint density at radius 3 is 2.76 bits per heavy atom. The minimum atomic E-state index is -1.01. The number of carboxylic acid groups (broad SMARTS) is 1. The normalized spacial score (nSPS) is 21.6. The maximum absolute atomic E-state index is 12.5.